The first-order valence-electron chi connectivity index (χ1n) is 11.0. The Morgan fingerprint density at radius 2 is 1.46 bits per heavy atom. The maximum absolute atomic E-state index is 13.1. The van der Waals surface area contributed by atoms with Crippen molar-refractivity contribution in [3.8, 4) is 23.0 Å². The van der Waals surface area contributed by atoms with Gasteiger partial charge in [0.05, 0.1) is 32.2 Å². The number of benzene rings is 3. The molecule has 0 aromatic heterocycles. The van der Waals surface area contributed by atoms with Crippen LogP contribution in [-0.2, 0) is 14.8 Å². The van der Waals surface area contributed by atoms with E-state index in [-0.39, 0.29) is 0 Å². The van der Waals surface area contributed by atoms with Crippen molar-refractivity contribution in [1.29, 1.82) is 0 Å². The SMILES string of the molecule is COc1ccc([C@H](C)NC(=O)[C@@H](C)N(c2ccc(Oc3ccccc3)cc2)S(C)(=O)=O)cc1OC. The fourth-order valence-electron chi connectivity index (χ4n) is 3.63. The molecule has 0 radical (unpaired) electrons. The molecule has 0 saturated carbocycles. The number of carbonyl (C=O) groups is 1. The van der Waals surface area contributed by atoms with Crippen molar-refractivity contribution in [3.63, 3.8) is 0 Å². The van der Waals surface area contributed by atoms with Gasteiger partial charge in [0, 0.05) is 0 Å². The van der Waals surface area contributed by atoms with Crippen molar-refractivity contribution in [2.24, 2.45) is 0 Å². The van der Waals surface area contributed by atoms with E-state index >= 15 is 0 Å². The third-order valence-corrected chi connectivity index (χ3v) is 6.67. The molecule has 0 aliphatic rings. The van der Waals surface area contributed by atoms with Crippen molar-refractivity contribution in [2.45, 2.75) is 25.9 Å². The molecular formula is C26H30N2O6S. The zero-order chi connectivity index (χ0) is 25.6. The molecule has 35 heavy (non-hydrogen) atoms. The summed E-state index contributed by atoms with van der Waals surface area (Å²) >= 11 is 0. The smallest absolute Gasteiger partial charge is 0.244 e. The summed E-state index contributed by atoms with van der Waals surface area (Å²) in [5, 5.41) is 2.89. The highest BCUT2D eigenvalue weighted by Crippen LogP contribution is 2.30. The van der Waals surface area contributed by atoms with Crippen LogP contribution >= 0.6 is 0 Å². The number of ether oxygens (including phenoxy) is 3. The Labute approximate surface area is 206 Å². The molecule has 0 spiro atoms. The van der Waals surface area contributed by atoms with Crippen LogP contribution in [0.3, 0.4) is 0 Å². The Balaban J connectivity index is 1.77. The quantitative estimate of drug-likeness (QED) is 0.441. The summed E-state index contributed by atoms with van der Waals surface area (Å²) < 4.78 is 42.8. The van der Waals surface area contributed by atoms with E-state index in [1.165, 1.54) is 7.11 Å². The van der Waals surface area contributed by atoms with E-state index in [1.54, 1.807) is 50.4 Å². The lowest BCUT2D eigenvalue weighted by Gasteiger charge is -2.29. The predicted molar refractivity (Wildman–Crippen MR) is 136 cm³/mol. The number of anilines is 1. The van der Waals surface area contributed by atoms with E-state index in [0.717, 1.165) is 16.1 Å². The fraction of sp³-hybridized carbons (Fsp3) is 0.269. The molecule has 1 N–H and O–H groups in total. The molecule has 0 fully saturated rings. The van der Waals surface area contributed by atoms with Crippen LogP contribution in [0.2, 0.25) is 0 Å². The van der Waals surface area contributed by atoms with Crippen LogP contribution in [0.15, 0.2) is 72.8 Å². The molecule has 9 heteroatoms. The van der Waals surface area contributed by atoms with Crippen LogP contribution in [0.4, 0.5) is 5.69 Å². The summed E-state index contributed by atoms with van der Waals surface area (Å²) in [5.74, 6) is 1.88. The topological polar surface area (TPSA) is 94.2 Å². The Morgan fingerprint density at radius 3 is 2.03 bits per heavy atom. The minimum Gasteiger partial charge on any atom is -0.493 e. The molecule has 0 bridgehead atoms. The van der Waals surface area contributed by atoms with Crippen LogP contribution < -0.4 is 23.8 Å². The summed E-state index contributed by atoms with van der Waals surface area (Å²) in [6.45, 7) is 3.36. The van der Waals surface area contributed by atoms with Crippen LogP contribution in [0.1, 0.15) is 25.5 Å². The van der Waals surface area contributed by atoms with E-state index in [1.807, 2.05) is 43.3 Å². The molecule has 186 valence electrons. The molecule has 0 unspecified atom stereocenters. The summed E-state index contributed by atoms with van der Waals surface area (Å²) in [6, 6.07) is 19.8. The van der Waals surface area contributed by atoms with E-state index in [4.69, 9.17) is 14.2 Å². The number of hydrogen-bond acceptors (Lipinski definition) is 6. The van der Waals surface area contributed by atoms with Gasteiger partial charge in [-0.15, -0.1) is 0 Å². The Bertz CT molecular complexity index is 1250. The highest BCUT2D eigenvalue weighted by atomic mass is 32.2. The molecule has 3 aromatic rings. The zero-order valence-electron chi connectivity index (χ0n) is 20.4. The van der Waals surface area contributed by atoms with Gasteiger partial charge in [-0.1, -0.05) is 24.3 Å². The first-order chi connectivity index (χ1) is 16.6. The minimum absolute atomic E-state index is 0.356. The normalized spacial score (nSPS) is 12.8. The highest BCUT2D eigenvalue weighted by molar-refractivity contribution is 7.92. The molecule has 0 aliphatic heterocycles. The van der Waals surface area contributed by atoms with Gasteiger partial charge in [-0.3, -0.25) is 9.10 Å². The lowest BCUT2D eigenvalue weighted by molar-refractivity contribution is -0.122. The Morgan fingerprint density at radius 1 is 0.857 bits per heavy atom. The third-order valence-electron chi connectivity index (χ3n) is 5.42. The molecule has 2 atom stereocenters. The number of sulfonamides is 1. The number of para-hydroxylation sites is 1. The van der Waals surface area contributed by atoms with Gasteiger partial charge in [0.25, 0.3) is 0 Å². The molecular weight excluding hydrogens is 468 g/mol. The van der Waals surface area contributed by atoms with Gasteiger partial charge in [0.15, 0.2) is 11.5 Å². The second-order valence-electron chi connectivity index (χ2n) is 7.99. The number of hydrogen-bond donors (Lipinski definition) is 1. The van der Waals surface area contributed by atoms with Crippen LogP contribution in [0.5, 0.6) is 23.0 Å². The minimum atomic E-state index is -3.76. The maximum Gasteiger partial charge on any atom is 0.244 e. The van der Waals surface area contributed by atoms with E-state index in [2.05, 4.69) is 5.32 Å². The number of methoxy groups -OCH3 is 2. The second-order valence-corrected chi connectivity index (χ2v) is 9.85. The van der Waals surface area contributed by atoms with Gasteiger partial charge in [-0.25, -0.2) is 8.42 Å². The Kier molecular flexibility index (Phi) is 8.24. The fourth-order valence-corrected chi connectivity index (χ4v) is 4.81. The molecule has 8 nitrogen and oxygen atoms in total. The van der Waals surface area contributed by atoms with Crippen LogP contribution in [0, 0.1) is 0 Å². The maximum atomic E-state index is 13.1. The summed E-state index contributed by atoms with van der Waals surface area (Å²) in [5.41, 5.74) is 1.14. The van der Waals surface area contributed by atoms with Gasteiger partial charge >= 0.3 is 0 Å². The summed E-state index contributed by atoms with van der Waals surface area (Å²) in [4.78, 5) is 13.1. The number of rotatable bonds is 10. The predicted octanol–water partition coefficient (Wildman–Crippen LogP) is 4.53. The Hall–Kier alpha value is -3.72. The first-order valence-corrected chi connectivity index (χ1v) is 12.8. The monoisotopic (exact) mass is 498 g/mol. The molecule has 3 aromatic carbocycles. The van der Waals surface area contributed by atoms with Crippen molar-refractivity contribution < 1.29 is 27.4 Å². The molecule has 0 aliphatic carbocycles. The van der Waals surface area contributed by atoms with Crippen LogP contribution in [0.25, 0.3) is 0 Å². The third kappa shape index (κ3) is 6.45. The lowest BCUT2D eigenvalue weighted by Crippen LogP contribution is -2.48. The average Bonchev–Trinajstić information content (AvgIpc) is 2.84. The van der Waals surface area contributed by atoms with Gasteiger partial charge in [-0.2, -0.15) is 0 Å². The standard InChI is InChI=1S/C26H30N2O6S/c1-18(20-11-16-24(32-3)25(17-20)33-4)27-26(29)19(2)28(35(5,30)31)21-12-14-23(15-13-21)34-22-9-7-6-8-10-22/h6-19H,1-5H3,(H,27,29)/t18-,19+/m0/s1. The highest BCUT2D eigenvalue weighted by Gasteiger charge is 2.30. The summed E-state index contributed by atoms with van der Waals surface area (Å²) in [7, 11) is -0.678. The number of nitrogens with one attached hydrogen (secondary N) is 1. The summed E-state index contributed by atoms with van der Waals surface area (Å²) in [6.07, 6.45) is 1.07. The van der Waals surface area contributed by atoms with E-state index in [9.17, 15) is 13.2 Å². The largest absolute Gasteiger partial charge is 0.493 e. The number of nitrogens with zero attached hydrogens (tertiary/aromatic N) is 1. The molecule has 3 rings (SSSR count). The molecule has 1 amide bonds. The molecule has 0 saturated heterocycles. The van der Waals surface area contributed by atoms with Crippen LogP contribution in [-0.4, -0.2) is 40.8 Å². The van der Waals surface area contributed by atoms with Crippen molar-refractivity contribution in [3.05, 3.63) is 78.4 Å². The first kappa shape index (κ1) is 25.9. The van der Waals surface area contributed by atoms with E-state index in [0.29, 0.717) is 28.7 Å². The van der Waals surface area contributed by atoms with Gasteiger partial charge in [-0.05, 0) is 67.9 Å². The lowest BCUT2D eigenvalue weighted by atomic mass is 10.1. The van der Waals surface area contributed by atoms with E-state index < -0.39 is 28.0 Å². The van der Waals surface area contributed by atoms with Crippen molar-refractivity contribution >= 4 is 21.6 Å². The zero-order valence-corrected chi connectivity index (χ0v) is 21.2. The van der Waals surface area contributed by atoms with Gasteiger partial charge < -0.3 is 19.5 Å². The van der Waals surface area contributed by atoms with Crippen molar-refractivity contribution in [2.75, 3.05) is 24.8 Å². The second kappa shape index (κ2) is 11.1. The average molecular weight is 499 g/mol. The van der Waals surface area contributed by atoms with Gasteiger partial charge in [0.2, 0.25) is 15.9 Å². The van der Waals surface area contributed by atoms with Gasteiger partial charge in [0.1, 0.15) is 17.5 Å². The van der Waals surface area contributed by atoms with Crippen molar-refractivity contribution in [1.82, 2.24) is 5.32 Å². The number of amides is 1. The molecule has 0 heterocycles. The number of carbonyl (C=O) groups excluding carboxylic acids is 1.